The number of Topliss-reactive ketones (excluding diaryl/α,β-unsaturated/α-hetero) is 1. The van der Waals surface area contributed by atoms with Crippen molar-refractivity contribution in [3.8, 4) is 0 Å². The van der Waals surface area contributed by atoms with Crippen LogP contribution in [0.2, 0.25) is 0 Å². The Morgan fingerprint density at radius 1 is 0.821 bits per heavy atom. The van der Waals surface area contributed by atoms with Crippen molar-refractivity contribution in [2.45, 2.75) is 6.04 Å². The highest BCUT2D eigenvalue weighted by atomic mass is 19.1. The van der Waals surface area contributed by atoms with Crippen molar-refractivity contribution in [1.82, 2.24) is 0 Å². The molecule has 1 saturated heterocycles. The van der Waals surface area contributed by atoms with E-state index in [9.17, 15) is 19.1 Å². The van der Waals surface area contributed by atoms with Crippen LogP contribution in [-0.2, 0) is 9.59 Å². The average molecular weight is 373 g/mol. The van der Waals surface area contributed by atoms with Crippen molar-refractivity contribution >= 4 is 23.1 Å². The van der Waals surface area contributed by atoms with Crippen LogP contribution >= 0.6 is 0 Å². The first kappa shape index (κ1) is 17.7. The number of carbonyl (C=O) groups is 2. The van der Waals surface area contributed by atoms with Gasteiger partial charge >= 0.3 is 0 Å². The van der Waals surface area contributed by atoms with Crippen LogP contribution in [0.4, 0.5) is 10.1 Å². The highest BCUT2D eigenvalue weighted by Gasteiger charge is 2.46. The van der Waals surface area contributed by atoms with Gasteiger partial charge in [-0.2, -0.15) is 0 Å². The molecule has 1 N–H and O–H groups in total. The Morgan fingerprint density at radius 2 is 1.39 bits per heavy atom. The molecule has 1 aliphatic rings. The second-order valence-electron chi connectivity index (χ2n) is 6.42. The Hall–Kier alpha value is -3.73. The van der Waals surface area contributed by atoms with Crippen LogP contribution in [0.3, 0.4) is 0 Å². The van der Waals surface area contributed by atoms with Crippen LogP contribution in [0.1, 0.15) is 17.2 Å². The zero-order chi connectivity index (χ0) is 19.7. The molecule has 4 nitrogen and oxygen atoms in total. The van der Waals surface area contributed by atoms with Crippen LogP contribution in [0, 0.1) is 5.82 Å². The highest BCUT2D eigenvalue weighted by Crippen LogP contribution is 2.41. The molecule has 1 unspecified atom stereocenters. The van der Waals surface area contributed by atoms with Gasteiger partial charge < -0.3 is 5.11 Å². The lowest BCUT2D eigenvalue weighted by Gasteiger charge is -2.25. The van der Waals surface area contributed by atoms with Crippen LogP contribution in [-0.4, -0.2) is 16.8 Å². The van der Waals surface area contributed by atoms with Crippen LogP contribution in [0.15, 0.2) is 90.5 Å². The van der Waals surface area contributed by atoms with E-state index in [0.717, 1.165) is 0 Å². The lowest BCUT2D eigenvalue weighted by molar-refractivity contribution is -0.132. The first-order chi connectivity index (χ1) is 13.6. The van der Waals surface area contributed by atoms with Gasteiger partial charge in [-0.3, -0.25) is 14.5 Å². The van der Waals surface area contributed by atoms with Gasteiger partial charge in [0.1, 0.15) is 11.6 Å². The van der Waals surface area contributed by atoms with E-state index >= 15 is 0 Å². The van der Waals surface area contributed by atoms with E-state index in [-0.39, 0.29) is 11.3 Å². The van der Waals surface area contributed by atoms with Gasteiger partial charge in [0.25, 0.3) is 11.7 Å². The number of aliphatic hydroxyl groups is 1. The number of carbonyl (C=O) groups excluding carboxylic acids is 2. The molecule has 0 saturated carbocycles. The summed E-state index contributed by atoms with van der Waals surface area (Å²) in [4.78, 5) is 27.1. The summed E-state index contributed by atoms with van der Waals surface area (Å²) in [6.45, 7) is 0. The molecule has 1 fully saturated rings. The van der Waals surface area contributed by atoms with Gasteiger partial charge in [0, 0.05) is 11.3 Å². The lowest BCUT2D eigenvalue weighted by atomic mass is 9.95. The number of para-hydroxylation sites is 1. The zero-order valence-corrected chi connectivity index (χ0v) is 14.7. The van der Waals surface area contributed by atoms with Gasteiger partial charge in [-0.1, -0.05) is 60.7 Å². The number of aliphatic hydroxyl groups excluding tert-OH is 1. The molecule has 5 heteroatoms. The molecule has 138 valence electrons. The largest absolute Gasteiger partial charge is 0.507 e. The fraction of sp³-hybridized carbons (Fsp3) is 0.0435. The summed E-state index contributed by atoms with van der Waals surface area (Å²) in [6.07, 6.45) is 0. The van der Waals surface area contributed by atoms with Crippen molar-refractivity contribution in [3.05, 3.63) is 107 Å². The molecule has 1 amide bonds. The first-order valence-electron chi connectivity index (χ1n) is 8.75. The second kappa shape index (κ2) is 7.12. The van der Waals surface area contributed by atoms with Crippen molar-refractivity contribution in [2.24, 2.45) is 0 Å². The van der Waals surface area contributed by atoms with Crippen molar-refractivity contribution < 1.29 is 19.1 Å². The van der Waals surface area contributed by atoms with Gasteiger partial charge in [0.2, 0.25) is 0 Å². The molecule has 3 aromatic carbocycles. The number of amides is 1. The third-order valence-electron chi connectivity index (χ3n) is 4.71. The molecule has 3 aromatic rings. The summed E-state index contributed by atoms with van der Waals surface area (Å²) in [5, 5.41) is 10.9. The van der Waals surface area contributed by atoms with E-state index in [0.29, 0.717) is 16.8 Å². The maximum atomic E-state index is 13.5. The summed E-state index contributed by atoms with van der Waals surface area (Å²) < 4.78 is 13.5. The van der Waals surface area contributed by atoms with Gasteiger partial charge in [0.05, 0.1) is 11.6 Å². The fourth-order valence-corrected chi connectivity index (χ4v) is 3.40. The van der Waals surface area contributed by atoms with E-state index in [1.54, 1.807) is 60.7 Å². The van der Waals surface area contributed by atoms with Crippen molar-refractivity contribution in [3.63, 3.8) is 0 Å². The SMILES string of the molecule is O=C1C(=O)N(c2ccccc2)C(c2ccc(F)cc2)C1=C(O)c1ccccc1. The highest BCUT2D eigenvalue weighted by molar-refractivity contribution is 6.51. The number of halogens is 1. The molecule has 1 aliphatic heterocycles. The summed E-state index contributed by atoms with van der Waals surface area (Å²) in [5.74, 6) is -2.20. The smallest absolute Gasteiger partial charge is 0.300 e. The third-order valence-corrected chi connectivity index (χ3v) is 4.71. The van der Waals surface area contributed by atoms with Gasteiger partial charge in [-0.15, -0.1) is 0 Å². The minimum Gasteiger partial charge on any atom is -0.507 e. The molecule has 0 aliphatic carbocycles. The van der Waals surface area contributed by atoms with E-state index in [1.807, 2.05) is 0 Å². The molecule has 1 heterocycles. The number of nitrogens with zero attached hydrogens (tertiary/aromatic N) is 1. The maximum Gasteiger partial charge on any atom is 0.300 e. The Bertz CT molecular complexity index is 1060. The van der Waals surface area contributed by atoms with Gasteiger partial charge in [0.15, 0.2) is 0 Å². The fourth-order valence-electron chi connectivity index (χ4n) is 3.40. The number of ketones is 1. The summed E-state index contributed by atoms with van der Waals surface area (Å²) in [7, 11) is 0. The van der Waals surface area contributed by atoms with E-state index in [1.165, 1.54) is 29.2 Å². The molecular weight excluding hydrogens is 357 g/mol. The van der Waals surface area contributed by atoms with Crippen molar-refractivity contribution in [1.29, 1.82) is 0 Å². The number of hydrogen-bond acceptors (Lipinski definition) is 3. The topological polar surface area (TPSA) is 57.6 Å². The molecule has 0 spiro atoms. The van der Waals surface area contributed by atoms with E-state index in [4.69, 9.17) is 0 Å². The quantitative estimate of drug-likeness (QED) is 0.419. The van der Waals surface area contributed by atoms with Crippen LogP contribution in [0.5, 0.6) is 0 Å². The Balaban J connectivity index is 1.95. The first-order valence-corrected chi connectivity index (χ1v) is 8.75. The average Bonchev–Trinajstić information content (AvgIpc) is 3.00. The van der Waals surface area contributed by atoms with E-state index < -0.39 is 23.5 Å². The molecular formula is C23H16FNO3. The molecule has 0 aromatic heterocycles. The van der Waals surface area contributed by atoms with Crippen molar-refractivity contribution in [2.75, 3.05) is 4.90 Å². The zero-order valence-electron chi connectivity index (χ0n) is 14.7. The standard InChI is InChI=1S/C23H16FNO3/c24-17-13-11-15(12-14-17)20-19(21(26)16-7-3-1-4-8-16)22(27)23(28)25(20)18-9-5-2-6-10-18/h1-14,20,26H. The molecule has 0 radical (unpaired) electrons. The number of anilines is 1. The predicted molar refractivity (Wildman–Crippen MR) is 104 cm³/mol. The molecule has 0 bridgehead atoms. The molecule has 4 rings (SSSR count). The molecule has 28 heavy (non-hydrogen) atoms. The number of rotatable bonds is 3. The predicted octanol–water partition coefficient (Wildman–Crippen LogP) is 4.45. The summed E-state index contributed by atoms with van der Waals surface area (Å²) in [5.41, 5.74) is 1.46. The second-order valence-corrected chi connectivity index (χ2v) is 6.42. The monoisotopic (exact) mass is 373 g/mol. The minimum absolute atomic E-state index is 0.0216. The Labute approximate surface area is 161 Å². The number of hydrogen-bond donors (Lipinski definition) is 1. The van der Waals surface area contributed by atoms with Crippen LogP contribution < -0.4 is 4.90 Å². The third kappa shape index (κ3) is 2.97. The minimum atomic E-state index is -0.858. The van der Waals surface area contributed by atoms with Gasteiger partial charge in [-0.25, -0.2) is 4.39 Å². The Kier molecular flexibility index (Phi) is 4.49. The van der Waals surface area contributed by atoms with Crippen LogP contribution in [0.25, 0.3) is 5.76 Å². The number of benzene rings is 3. The Morgan fingerprint density at radius 3 is 2.00 bits per heavy atom. The normalized spacial score (nSPS) is 18.5. The van der Waals surface area contributed by atoms with E-state index in [2.05, 4.69) is 0 Å². The van der Waals surface area contributed by atoms with Gasteiger partial charge in [-0.05, 0) is 29.8 Å². The lowest BCUT2D eigenvalue weighted by Crippen LogP contribution is -2.29. The maximum absolute atomic E-state index is 13.5. The molecule has 1 atom stereocenters. The summed E-state index contributed by atoms with van der Waals surface area (Å²) >= 11 is 0. The summed E-state index contributed by atoms with van der Waals surface area (Å²) in [6, 6.07) is 22.0.